The molecule has 0 aliphatic carbocycles. The van der Waals surface area contributed by atoms with Crippen molar-refractivity contribution in [3.05, 3.63) is 18.2 Å². The molecular weight excluding hydrogens is 200 g/mol. The van der Waals surface area contributed by atoms with Crippen molar-refractivity contribution in [2.75, 3.05) is 7.05 Å². The molecule has 0 aromatic carbocycles. The van der Waals surface area contributed by atoms with Crippen molar-refractivity contribution in [2.24, 2.45) is 5.73 Å². The van der Waals surface area contributed by atoms with Gasteiger partial charge in [0.1, 0.15) is 4.99 Å². The lowest BCUT2D eigenvalue weighted by Gasteiger charge is -2.05. The quantitative estimate of drug-likeness (QED) is 0.669. The van der Waals surface area contributed by atoms with E-state index in [1.807, 2.05) is 0 Å². The van der Waals surface area contributed by atoms with Gasteiger partial charge in [0, 0.05) is 32.4 Å². The van der Waals surface area contributed by atoms with Gasteiger partial charge in [-0.05, 0) is 0 Å². The number of nitrogens with zero attached hydrogens (tertiary/aromatic N) is 2. The van der Waals surface area contributed by atoms with Gasteiger partial charge >= 0.3 is 0 Å². The molecule has 0 saturated carbocycles. The van der Waals surface area contributed by atoms with Crippen LogP contribution < -0.4 is 11.1 Å². The molecule has 3 N–H and O–H groups in total. The van der Waals surface area contributed by atoms with Gasteiger partial charge in [-0.3, -0.25) is 4.79 Å². The fourth-order valence-electron chi connectivity index (χ4n) is 1.06. The summed E-state index contributed by atoms with van der Waals surface area (Å²) >= 11 is 4.81. The van der Waals surface area contributed by atoms with Crippen molar-refractivity contribution in [1.29, 1.82) is 0 Å². The van der Waals surface area contributed by atoms with Gasteiger partial charge in [-0.25, -0.2) is 4.98 Å². The highest BCUT2D eigenvalue weighted by Crippen LogP contribution is 1.99. The second-order valence-electron chi connectivity index (χ2n) is 2.73. The zero-order valence-electron chi connectivity index (χ0n) is 7.86. The Morgan fingerprint density at radius 3 is 3.07 bits per heavy atom. The summed E-state index contributed by atoms with van der Waals surface area (Å²) < 4.78 is 1.76. The van der Waals surface area contributed by atoms with Crippen LogP contribution in [0.5, 0.6) is 0 Å². The minimum absolute atomic E-state index is 0.0208. The highest BCUT2D eigenvalue weighted by atomic mass is 32.1. The third kappa shape index (κ3) is 2.53. The number of hydrogen-bond donors (Lipinski definition) is 2. The predicted octanol–water partition coefficient (Wildman–Crippen LogP) is -0.347. The minimum atomic E-state index is -0.0208. The van der Waals surface area contributed by atoms with E-state index in [2.05, 4.69) is 10.3 Å². The Morgan fingerprint density at radius 2 is 2.50 bits per heavy atom. The molecule has 0 unspecified atom stereocenters. The molecule has 0 saturated heterocycles. The van der Waals surface area contributed by atoms with E-state index < -0.39 is 0 Å². The predicted molar refractivity (Wildman–Crippen MR) is 56.8 cm³/mol. The minimum Gasteiger partial charge on any atom is -0.387 e. The Morgan fingerprint density at radius 1 is 1.79 bits per heavy atom. The molecule has 1 rings (SSSR count). The summed E-state index contributed by atoms with van der Waals surface area (Å²) in [5.41, 5.74) is 5.45. The van der Waals surface area contributed by atoms with E-state index >= 15 is 0 Å². The van der Waals surface area contributed by atoms with Crippen molar-refractivity contribution in [3.8, 4) is 0 Å². The summed E-state index contributed by atoms with van der Waals surface area (Å²) in [4.78, 5) is 15.2. The smallest absolute Gasteiger partial charge is 0.221 e. The van der Waals surface area contributed by atoms with Crippen molar-refractivity contribution < 1.29 is 4.79 Å². The van der Waals surface area contributed by atoms with Crippen LogP contribution in [0.15, 0.2) is 12.4 Å². The van der Waals surface area contributed by atoms with Crippen LogP contribution in [0.25, 0.3) is 0 Å². The summed E-state index contributed by atoms with van der Waals surface area (Å²) in [5.74, 6) is 0.525. The lowest BCUT2D eigenvalue weighted by atomic mass is 10.4. The molecule has 14 heavy (non-hydrogen) atoms. The van der Waals surface area contributed by atoms with Crippen molar-refractivity contribution in [2.45, 2.75) is 13.0 Å². The molecule has 0 fully saturated rings. The van der Waals surface area contributed by atoms with E-state index in [0.29, 0.717) is 18.8 Å². The highest BCUT2D eigenvalue weighted by Gasteiger charge is 2.06. The number of thiocarbonyl (C=S) groups is 1. The van der Waals surface area contributed by atoms with E-state index in [-0.39, 0.29) is 10.9 Å². The standard InChI is InChI=1S/C8H12N4OS/c1-10-6(13)2-4-12-5-3-11-8(12)7(9)14/h3,5H,2,4H2,1H3,(H2,9,14)(H,10,13). The molecule has 0 spiro atoms. The molecule has 1 heterocycles. The van der Waals surface area contributed by atoms with E-state index in [1.54, 1.807) is 24.0 Å². The highest BCUT2D eigenvalue weighted by molar-refractivity contribution is 7.80. The van der Waals surface area contributed by atoms with Crippen molar-refractivity contribution >= 4 is 23.1 Å². The summed E-state index contributed by atoms with van der Waals surface area (Å²) in [6.45, 7) is 0.534. The maximum atomic E-state index is 11.0. The van der Waals surface area contributed by atoms with E-state index in [0.717, 1.165) is 0 Å². The summed E-state index contributed by atoms with van der Waals surface area (Å²) in [6, 6.07) is 0. The van der Waals surface area contributed by atoms with Crippen LogP contribution in [0.3, 0.4) is 0 Å². The molecule has 5 nitrogen and oxygen atoms in total. The molecule has 0 aliphatic rings. The number of aromatic nitrogens is 2. The number of nitrogens with one attached hydrogen (secondary N) is 1. The molecule has 0 aliphatic heterocycles. The first-order chi connectivity index (χ1) is 6.65. The lowest BCUT2D eigenvalue weighted by Crippen LogP contribution is -2.22. The SMILES string of the molecule is CNC(=O)CCn1ccnc1C(N)=S. The van der Waals surface area contributed by atoms with Crippen LogP contribution in [0.1, 0.15) is 12.2 Å². The molecule has 0 radical (unpaired) electrons. The van der Waals surface area contributed by atoms with Crippen LogP contribution in [0.4, 0.5) is 0 Å². The molecule has 1 amide bonds. The number of hydrogen-bond acceptors (Lipinski definition) is 3. The molecule has 1 aromatic heterocycles. The number of imidazole rings is 1. The first-order valence-corrected chi connectivity index (χ1v) is 4.57. The van der Waals surface area contributed by atoms with Gasteiger partial charge in [0.25, 0.3) is 0 Å². The third-order valence-corrected chi connectivity index (χ3v) is 1.98. The third-order valence-electron chi connectivity index (χ3n) is 1.79. The maximum Gasteiger partial charge on any atom is 0.221 e. The first-order valence-electron chi connectivity index (χ1n) is 4.16. The van der Waals surface area contributed by atoms with E-state index in [1.165, 1.54) is 0 Å². The van der Waals surface area contributed by atoms with Crippen LogP contribution in [-0.4, -0.2) is 27.5 Å². The summed E-state index contributed by atoms with van der Waals surface area (Å²) in [5, 5.41) is 2.54. The van der Waals surface area contributed by atoms with Gasteiger partial charge in [0.2, 0.25) is 5.91 Å². The Balaban J connectivity index is 2.63. The molecule has 6 heteroatoms. The average molecular weight is 212 g/mol. The Kier molecular flexibility index (Phi) is 3.58. The maximum absolute atomic E-state index is 11.0. The zero-order chi connectivity index (χ0) is 10.6. The lowest BCUT2D eigenvalue weighted by molar-refractivity contribution is -0.120. The second-order valence-corrected chi connectivity index (χ2v) is 3.17. The van der Waals surface area contributed by atoms with Crippen LogP contribution >= 0.6 is 12.2 Å². The van der Waals surface area contributed by atoms with Gasteiger partial charge in [-0.2, -0.15) is 0 Å². The zero-order valence-corrected chi connectivity index (χ0v) is 8.67. The van der Waals surface area contributed by atoms with E-state index in [9.17, 15) is 4.79 Å². The molecular formula is C8H12N4OS. The Hall–Kier alpha value is -1.43. The Bertz CT molecular complexity index is 347. The van der Waals surface area contributed by atoms with Gasteiger partial charge in [-0.1, -0.05) is 12.2 Å². The number of aryl methyl sites for hydroxylation is 1. The molecule has 1 aromatic rings. The molecule has 76 valence electrons. The average Bonchev–Trinajstić information content (AvgIpc) is 2.62. The van der Waals surface area contributed by atoms with Gasteiger partial charge in [0.05, 0.1) is 0 Å². The summed E-state index contributed by atoms with van der Waals surface area (Å²) in [6.07, 6.45) is 3.75. The number of carbonyl (C=O) groups excluding carboxylic acids is 1. The van der Waals surface area contributed by atoms with Gasteiger partial charge < -0.3 is 15.6 Å². The van der Waals surface area contributed by atoms with Crippen molar-refractivity contribution in [3.63, 3.8) is 0 Å². The van der Waals surface area contributed by atoms with Crippen LogP contribution in [-0.2, 0) is 11.3 Å². The monoisotopic (exact) mass is 212 g/mol. The normalized spacial score (nSPS) is 9.79. The fourth-order valence-corrected chi connectivity index (χ4v) is 1.23. The number of carbonyl (C=O) groups is 1. The van der Waals surface area contributed by atoms with Crippen molar-refractivity contribution in [1.82, 2.24) is 14.9 Å². The molecule has 0 bridgehead atoms. The number of amides is 1. The van der Waals surface area contributed by atoms with Gasteiger partial charge in [-0.15, -0.1) is 0 Å². The number of rotatable bonds is 4. The Labute approximate surface area is 87.3 Å². The largest absolute Gasteiger partial charge is 0.387 e. The second kappa shape index (κ2) is 4.71. The first kappa shape index (κ1) is 10.6. The van der Waals surface area contributed by atoms with Gasteiger partial charge in [0.15, 0.2) is 5.82 Å². The number of nitrogens with two attached hydrogens (primary N) is 1. The summed E-state index contributed by atoms with van der Waals surface area (Å²) in [7, 11) is 1.60. The molecule has 0 atom stereocenters. The van der Waals surface area contributed by atoms with Crippen LogP contribution in [0, 0.1) is 0 Å². The topological polar surface area (TPSA) is 72.9 Å². The van der Waals surface area contributed by atoms with E-state index in [4.69, 9.17) is 18.0 Å². The van der Waals surface area contributed by atoms with Crippen LogP contribution in [0.2, 0.25) is 0 Å². The fraction of sp³-hybridized carbons (Fsp3) is 0.375.